The van der Waals surface area contributed by atoms with Crippen LogP contribution in [-0.4, -0.2) is 84.0 Å². The van der Waals surface area contributed by atoms with Crippen molar-refractivity contribution in [1.82, 2.24) is 20.4 Å². The number of carbonyl (C=O) groups is 3. The van der Waals surface area contributed by atoms with Gasteiger partial charge in [0, 0.05) is 39.0 Å². The van der Waals surface area contributed by atoms with Gasteiger partial charge in [0.1, 0.15) is 12.1 Å². The Balaban J connectivity index is 1.95. The second-order valence-electron chi connectivity index (χ2n) is 12.5. The number of rotatable bonds is 15. The maximum Gasteiger partial charge on any atom is 0.246 e. The Labute approximate surface area is 276 Å². The highest BCUT2D eigenvalue weighted by molar-refractivity contribution is 5.95. The van der Waals surface area contributed by atoms with E-state index in [-0.39, 0.29) is 30.8 Å². The zero-order valence-corrected chi connectivity index (χ0v) is 28.0. The number of hydrogen-bond acceptors (Lipinski definition) is 5. The molecule has 0 aliphatic rings. The van der Waals surface area contributed by atoms with Crippen LogP contribution in [0.15, 0.2) is 84.9 Å². The molecule has 0 spiro atoms. The van der Waals surface area contributed by atoms with Crippen LogP contribution in [0.2, 0.25) is 0 Å². The van der Waals surface area contributed by atoms with E-state index in [0.29, 0.717) is 12.0 Å². The summed E-state index contributed by atoms with van der Waals surface area (Å²) in [6.45, 7) is 5.44. The van der Waals surface area contributed by atoms with Crippen LogP contribution in [0, 0.1) is 11.6 Å². The zero-order valence-electron chi connectivity index (χ0n) is 28.0. The third kappa shape index (κ3) is 10.8. The van der Waals surface area contributed by atoms with Crippen LogP contribution in [0.5, 0.6) is 0 Å². The highest BCUT2D eigenvalue weighted by Crippen LogP contribution is 2.22. The molecule has 0 aliphatic carbocycles. The maximum atomic E-state index is 14.3. The summed E-state index contributed by atoms with van der Waals surface area (Å²) in [6, 6.07) is 18.7. The topological polar surface area (TPSA) is 102 Å². The average molecular weight is 649 g/mol. The number of likely N-dealkylation sites (N-methyl/N-ethyl adjacent to an activating group) is 2. The number of amides is 3. The molecule has 0 aliphatic heterocycles. The molecule has 3 atom stereocenters. The standard InChI is InChI=1S/C37H46F2N4O4/c1-25(44)24-41-35(46)32(23-27-16-19-30(38)31(39)21-27)43(6)36(47)33(42(5)34(45)13-10-20-37(2,3)40-4)22-26-14-17-29(18-15-26)28-11-8-7-9-12-28/h7-19,21,25,32-33,40,44H,20,22-24H2,1-6H3,(H,41,46)/b13-10+/t25-,32-,33-/m1/s1. The van der Waals surface area contributed by atoms with Crippen molar-refractivity contribution in [3.05, 3.63) is 108 Å². The van der Waals surface area contributed by atoms with Gasteiger partial charge in [-0.05, 0) is 74.7 Å². The highest BCUT2D eigenvalue weighted by Gasteiger charge is 2.35. The fourth-order valence-electron chi connectivity index (χ4n) is 4.95. The molecular weight excluding hydrogens is 602 g/mol. The Morgan fingerprint density at radius 2 is 1.45 bits per heavy atom. The van der Waals surface area contributed by atoms with Crippen molar-refractivity contribution >= 4 is 17.7 Å². The quantitative estimate of drug-likeness (QED) is 0.211. The lowest BCUT2D eigenvalue weighted by molar-refractivity contribution is -0.146. The number of benzene rings is 3. The van der Waals surface area contributed by atoms with Crippen LogP contribution in [0.3, 0.4) is 0 Å². The van der Waals surface area contributed by atoms with E-state index in [4.69, 9.17) is 0 Å². The number of halogens is 2. The lowest BCUT2D eigenvalue weighted by atomic mass is 9.98. The summed E-state index contributed by atoms with van der Waals surface area (Å²) in [7, 11) is 4.83. The summed E-state index contributed by atoms with van der Waals surface area (Å²) in [5.41, 5.74) is 2.89. The Bertz CT molecular complexity index is 1530. The summed E-state index contributed by atoms with van der Waals surface area (Å²) >= 11 is 0. The van der Waals surface area contributed by atoms with E-state index in [2.05, 4.69) is 10.6 Å². The van der Waals surface area contributed by atoms with Crippen LogP contribution < -0.4 is 10.6 Å². The monoisotopic (exact) mass is 648 g/mol. The first kappa shape index (κ1) is 37.1. The van der Waals surface area contributed by atoms with Gasteiger partial charge in [0.25, 0.3) is 0 Å². The Morgan fingerprint density at radius 3 is 2.04 bits per heavy atom. The molecule has 0 fully saturated rings. The van der Waals surface area contributed by atoms with Crippen molar-refractivity contribution in [2.24, 2.45) is 0 Å². The highest BCUT2D eigenvalue weighted by atomic mass is 19.2. The molecule has 0 aromatic heterocycles. The van der Waals surface area contributed by atoms with Crippen LogP contribution in [0.25, 0.3) is 11.1 Å². The van der Waals surface area contributed by atoms with Gasteiger partial charge in [-0.25, -0.2) is 8.78 Å². The third-order valence-electron chi connectivity index (χ3n) is 8.26. The molecule has 3 rings (SSSR count). The third-order valence-corrected chi connectivity index (χ3v) is 8.26. The number of nitrogens with zero attached hydrogens (tertiary/aromatic N) is 2. The predicted molar refractivity (Wildman–Crippen MR) is 180 cm³/mol. The first-order valence-electron chi connectivity index (χ1n) is 15.7. The van der Waals surface area contributed by atoms with Gasteiger partial charge >= 0.3 is 0 Å². The van der Waals surface area contributed by atoms with Crippen molar-refractivity contribution in [3.8, 4) is 11.1 Å². The summed E-state index contributed by atoms with van der Waals surface area (Å²) < 4.78 is 27.8. The van der Waals surface area contributed by atoms with Crippen molar-refractivity contribution < 1.29 is 28.3 Å². The smallest absolute Gasteiger partial charge is 0.246 e. The summed E-state index contributed by atoms with van der Waals surface area (Å²) in [5.74, 6) is -3.59. The molecule has 10 heteroatoms. The lowest BCUT2D eigenvalue weighted by Crippen LogP contribution is -2.56. The molecule has 0 radical (unpaired) electrons. The predicted octanol–water partition coefficient (Wildman–Crippen LogP) is 4.51. The molecular formula is C37H46F2N4O4. The second kappa shape index (κ2) is 16.9. The van der Waals surface area contributed by atoms with Gasteiger partial charge in [-0.3, -0.25) is 14.4 Å². The Morgan fingerprint density at radius 1 is 0.851 bits per heavy atom. The molecule has 252 valence electrons. The lowest BCUT2D eigenvalue weighted by Gasteiger charge is -2.34. The van der Waals surface area contributed by atoms with E-state index >= 15 is 0 Å². The van der Waals surface area contributed by atoms with E-state index in [0.717, 1.165) is 28.8 Å². The first-order valence-corrected chi connectivity index (χ1v) is 15.7. The first-order chi connectivity index (χ1) is 22.2. The van der Waals surface area contributed by atoms with E-state index in [9.17, 15) is 28.3 Å². The molecule has 0 saturated heterocycles. The number of carbonyl (C=O) groups excluding carboxylic acids is 3. The number of nitrogens with one attached hydrogen (secondary N) is 2. The Hall–Kier alpha value is -4.41. The van der Waals surface area contributed by atoms with Crippen molar-refractivity contribution in [3.63, 3.8) is 0 Å². The second-order valence-corrected chi connectivity index (χ2v) is 12.5. The fraction of sp³-hybridized carbons (Fsp3) is 0.378. The molecule has 47 heavy (non-hydrogen) atoms. The van der Waals surface area contributed by atoms with Gasteiger partial charge in [0.2, 0.25) is 17.7 Å². The van der Waals surface area contributed by atoms with Gasteiger partial charge < -0.3 is 25.5 Å². The molecule has 0 heterocycles. The zero-order chi connectivity index (χ0) is 34.7. The molecule has 3 amide bonds. The molecule has 3 aromatic rings. The number of aliphatic hydroxyl groups excluding tert-OH is 1. The maximum absolute atomic E-state index is 14.3. The van der Waals surface area contributed by atoms with Gasteiger partial charge in [-0.1, -0.05) is 66.7 Å². The molecule has 0 unspecified atom stereocenters. The van der Waals surface area contributed by atoms with E-state index in [1.54, 1.807) is 13.1 Å². The van der Waals surface area contributed by atoms with E-state index in [1.165, 1.54) is 35.9 Å². The van der Waals surface area contributed by atoms with Crippen LogP contribution in [0.1, 0.15) is 38.3 Å². The molecule has 8 nitrogen and oxygen atoms in total. The Kier molecular flexibility index (Phi) is 13.4. The molecule has 0 saturated carbocycles. The van der Waals surface area contributed by atoms with Crippen molar-refractivity contribution in [2.45, 2.75) is 63.8 Å². The van der Waals surface area contributed by atoms with Crippen LogP contribution in [0.4, 0.5) is 8.78 Å². The minimum atomic E-state index is -1.15. The minimum Gasteiger partial charge on any atom is -0.392 e. The molecule has 3 N–H and O–H groups in total. The fourth-order valence-corrected chi connectivity index (χ4v) is 4.95. The van der Waals surface area contributed by atoms with Gasteiger partial charge in [0.15, 0.2) is 11.6 Å². The van der Waals surface area contributed by atoms with Crippen LogP contribution >= 0.6 is 0 Å². The number of aliphatic hydroxyl groups is 1. The van der Waals surface area contributed by atoms with Crippen molar-refractivity contribution in [1.29, 1.82) is 0 Å². The van der Waals surface area contributed by atoms with Gasteiger partial charge in [-0.2, -0.15) is 0 Å². The SMILES string of the molecule is CNC(C)(C)C/C=C/C(=O)N(C)[C@H](Cc1ccc(-c2ccccc2)cc1)C(=O)N(C)[C@H](Cc1ccc(F)c(F)c1)C(=O)NC[C@@H](C)O. The number of hydrogen-bond donors (Lipinski definition) is 3. The summed E-state index contributed by atoms with van der Waals surface area (Å²) in [6.07, 6.45) is 2.95. The van der Waals surface area contributed by atoms with Crippen LogP contribution in [-0.2, 0) is 27.2 Å². The normalized spacial score (nSPS) is 13.6. The van der Waals surface area contributed by atoms with Crippen molar-refractivity contribution in [2.75, 3.05) is 27.7 Å². The van der Waals surface area contributed by atoms with Gasteiger partial charge in [0.05, 0.1) is 6.10 Å². The van der Waals surface area contributed by atoms with E-state index < -0.39 is 41.6 Å². The minimum absolute atomic E-state index is 0.0709. The summed E-state index contributed by atoms with van der Waals surface area (Å²) in [5, 5.41) is 15.6. The molecule has 0 bridgehead atoms. The largest absolute Gasteiger partial charge is 0.392 e. The average Bonchev–Trinajstić information content (AvgIpc) is 3.06. The van der Waals surface area contributed by atoms with Gasteiger partial charge in [-0.15, -0.1) is 0 Å². The van der Waals surface area contributed by atoms with E-state index in [1.807, 2.05) is 75.5 Å². The molecule has 3 aromatic carbocycles. The summed E-state index contributed by atoms with van der Waals surface area (Å²) in [4.78, 5) is 43.7.